The number of carboxylic acid groups (broad SMARTS) is 1. The summed E-state index contributed by atoms with van der Waals surface area (Å²) in [5, 5.41) is 8.28. The summed E-state index contributed by atoms with van der Waals surface area (Å²) in [7, 11) is 0. The molecule has 0 aliphatic carbocycles. The minimum Gasteiger partial charge on any atom is -1.00 e. The molecule has 0 radical (unpaired) electrons. The van der Waals surface area contributed by atoms with Gasteiger partial charge in [-0.1, -0.05) is 6.07 Å². The van der Waals surface area contributed by atoms with Gasteiger partial charge in [0.2, 0.25) is 0 Å². The second-order valence-corrected chi connectivity index (χ2v) is 1.91. The van der Waals surface area contributed by atoms with Crippen LogP contribution in [0, 0.1) is 11.6 Å². The van der Waals surface area contributed by atoms with E-state index in [1.807, 2.05) is 0 Å². The van der Waals surface area contributed by atoms with Gasteiger partial charge >= 0.3 is 35.5 Å². The van der Waals surface area contributed by atoms with Crippen LogP contribution in [0.2, 0.25) is 0 Å². The minimum atomic E-state index is -1.47. The molecule has 0 saturated heterocycles. The van der Waals surface area contributed by atoms with Crippen LogP contribution in [0.3, 0.4) is 0 Å². The molecule has 60 valence electrons. The molecule has 5 heteroatoms. The van der Waals surface area contributed by atoms with E-state index in [1.165, 1.54) is 0 Å². The Balaban J connectivity index is 0. The molecule has 0 bridgehead atoms. The Hall–Kier alpha value is -0.450. The van der Waals surface area contributed by atoms with Crippen LogP contribution in [0.5, 0.6) is 0 Å². The van der Waals surface area contributed by atoms with Crippen molar-refractivity contribution in [3.63, 3.8) is 0 Å². The summed E-state index contributed by atoms with van der Waals surface area (Å²) >= 11 is 0. The Morgan fingerprint density at radius 1 is 1.42 bits per heavy atom. The van der Waals surface area contributed by atoms with E-state index in [1.54, 1.807) is 0 Å². The zero-order valence-electron chi connectivity index (χ0n) is 7.34. The van der Waals surface area contributed by atoms with E-state index in [9.17, 15) is 13.6 Å². The van der Waals surface area contributed by atoms with Crippen molar-refractivity contribution in [2.75, 3.05) is 0 Å². The number of hydrogen-bond donors (Lipinski definition) is 1. The van der Waals surface area contributed by atoms with Crippen molar-refractivity contribution in [3.8, 4) is 0 Å². The molecule has 12 heavy (non-hydrogen) atoms. The molecule has 0 aliphatic rings. The molecule has 1 aromatic rings. The second kappa shape index (κ2) is 4.54. The molecule has 0 amide bonds. The van der Waals surface area contributed by atoms with Gasteiger partial charge in [0.15, 0.2) is 11.6 Å². The van der Waals surface area contributed by atoms with Gasteiger partial charge in [-0.25, -0.2) is 13.6 Å². The van der Waals surface area contributed by atoms with Crippen LogP contribution in [0.15, 0.2) is 18.2 Å². The van der Waals surface area contributed by atoms with Crippen molar-refractivity contribution in [1.29, 1.82) is 0 Å². The average Bonchev–Trinajstić information content (AvgIpc) is 1.94. The van der Waals surface area contributed by atoms with E-state index >= 15 is 0 Å². The summed E-state index contributed by atoms with van der Waals surface area (Å²) in [6.07, 6.45) is 0. The van der Waals surface area contributed by atoms with E-state index in [0.29, 0.717) is 0 Å². The van der Waals surface area contributed by atoms with Gasteiger partial charge in [-0.15, -0.1) is 0 Å². The van der Waals surface area contributed by atoms with Crippen molar-refractivity contribution in [1.82, 2.24) is 0 Å². The fourth-order valence-electron chi connectivity index (χ4n) is 0.669. The molecule has 0 unspecified atom stereocenters. The number of carboxylic acids is 1. The molecular weight excluding hydrogens is 177 g/mol. The molecule has 0 saturated carbocycles. The first-order valence-electron chi connectivity index (χ1n) is 2.80. The van der Waals surface area contributed by atoms with Gasteiger partial charge in [0.1, 0.15) is 0 Å². The monoisotopic (exact) mass is 182 g/mol. The third kappa shape index (κ3) is 2.27. The van der Waals surface area contributed by atoms with Crippen LogP contribution in [-0.4, -0.2) is 11.1 Å². The molecule has 2 nitrogen and oxygen atoms in total. The molecule has 0 aliphatic heterocycles. The third-order valence-corrected chi connectivity index (χ3v) is 1.18. The summed E-state index contributed by atoms with van der Waals surface area (Å²) in [6, 6.07) is 3.00. The summed E-state index contributed by atoms with van der Waals surface area (Å²) in [6.45, 7) is 0. The normalized spacial score (nSPS) is 8.83. The number of benzene rings is 1. The van der Waals surface area contributed by atoms with Crippen LogP contribution in [0.4, 0.5) is 8.78 Å². The summed E-state index contributed by atoms with van der Waals surface area (Å²) in [5.41, 5.74) is -0.648. The number of rotatable bonds is 1. The molecule has 0 fully saturated rings. The van der Waals surface area contributed by atoms with E-state index in [0.717, 1.165) is 18.2 Å². The predicted octanol–water partition coefficient (Wildman–Crippen LogP) is -1.22. The SMILES string of the molecule is O=C(O)c1cccc(F)c1F.[H-].[Na+]. The van der Waals surface area contributed by atoms with E-state index < -0.39 is 23.2 Å². The van der Waals surface area contributed by atoms with Gasteiger partial charge in [0.05, 0.1) is 5.56 Å². The standard InChI is InChI=1S/C7H4F2O2.Na.H/c8-5-3-1-2-4(6(5)9)7(10)11;;/h1-3H,(H,10,11);;/q;+1;-1. The van der Waals surface area contributed by atoms with Crippen LogP contribution < -0.4 is 29.6 Å². The Morgan fingerprint density at radius 2 is 2.00 bits per heavy atom. The van der Waals surface area contributed by atoms with E-state index in [4.69, 9.17) is 5.11 Å². The van der Waals surface area contributed by atoms with Crippen LogP contribution in [0.1, 0.15) is 11.8 Å². The smallest absolute Gasteiger partial charge is 1.00 e. The fraction of sp³-hybridized carbons (Fsp3) is 0. The maximum atomic E-state index is 12.5. The van der Waals surface area contributed by atoms with Crippen molar-refractivity contribution in [2.45, 2.75) is 0 Å². The van der Waals surface area contributed by atoms with E-state index in [-0.39, 0.29) is 31.0 Å². The van der Waals surface area contributed by atoms with Gasteiger partial charge in [-0.3, -0.25) is 0 Å². The average molecular weight is 182 g/mol. The molecule has 0 spiro atoms. The van der Waals surface area contributed by atoms with Crippen molar-refractivity contribution in [2.24, 2.45) is 0 Å². The van der Waals surface area contributed by atoms with E-state index in [2.05, 4.69) is 0 Å². The Labute approximate surface area is 91.0 Å². The number of halogens is 2. The first kappa shape index (κ1) is 11.5. The summed E-state index contributed by atoms with van der Waals surface area (Å²) < 4.78 is 24.8. The van der Waals surface area contributed by atoms with Crippen LogP contribution in [0.25, 0.3) is 0 Å². The van der Waals surface area contributed by atoms with Crippen molar-refractivity contribution >= 4 is 5.97 Å². The van der Waals surface area contributed by atoms with Gasteiger partial charge < -0.3 is 6.53 Å². The van der Waals surface area contributed by atoms with Crippen LogP contribution in [-0.2, 0) is 0 Å². The Kier molecular flexibility index (Phi) is 4.37. The minimum absolute atomic E-state index is 0. The number of aromatic carboxylic acids is 1. The molecule has 1 N–H and O–H groups in total. The van der Waals surface area contributed by atoms with Gasteiger partial charge in [0.25, 0.3) is 0 Å². The first-order chi connectivity index (χ1) is 5.13. The zero-order chi connectivity index (χ0) is 8.43. The Bertz CT molecular complexity index is 307. The molecular formula is C7H5F2NaO2. The molecule has 0 aromatic heterocycles. The quantitative estimate of drug-likeness (QED) is 0.553. The molecule has 0 atom stereocenters. The largest absolute Gasteiger partial charge is 1.00 e. The summed E-state index contributed by atoms with van der Waals surface area (Å²) in [4.78, 5) is 10.2. The van der Waals surface area contributed by atoms with Gasteiger partial charge in [-0.05, 0) is 12.1 Å². The fourth-order valence-corrected chi connectivity index (χ4v) is 0.669. The maximum absolute atomic E-state index is 12.5. The number of hydrogen-bond acceptors (Lipinski definition) is 1. The predicted molar refractivity (Wildman–Crippen MR) is 34.4 cm³/mol. The second-order valence-electron chi connectivity index (χ2n) is 1.91. The molecule has 0 heterocycles. The topological polar surface area (TPSA) is 37.3 Å². The number of carbonyl (C=O) groups is 1. The van der Waals surface area contributed by atoms with Gasteiger partial charge in [0, 0.05) is 0 Å². The molecule has 1 aromatic carbocycles. The van der Waals surface area contributed by atoms with Crippen LogP contribution >= 0.6 is 0 Å². The first-order valence-corrected chi connectivity index (χ1v) is 2.80. The van der Waals surface area contributed by atoms with Crippen molar-refractivity contribution < 1.29 is 49.7 Å². The molecule has 1 rings (SSSR count). The van der Waals surface area contributed by atoms with Gasteiger partial charge in [-0.2, -0.15) is 0 Å². The summed E-state index contributed by atoms with van der Waals surface area (Å²) in [5.74, 6) is -3.94. The maximum Gasteiger partial charge on any atom is 1.00 e. The zero-order valence-corrected chi connectivity index (χ0v) is 8.34. The third-order valence-electron chi connectivity index (χ3n) is 1.18. The Morgan fingerprint density at radius 3 is 2.42 bits per heavy atom. The van der Waals surface area contributed by atoms with Crippen molar-refractivity contribution in [3.05, 3.63) is 35.4 Å².